The molecule has 0 saturated heterocycles. The van der Waals surface area contributed by atoms with E-state index in [-0.39, 0.29) is 5.97 Å². The van der Waals surface area contributed by atoms with Crippen LogP contribution < -0.4 is 0 Å². The number of aliphatic hydroxyl groups is 1. The van der Waals surface area contributed by atoms with E-state index in [2.05, 4.69) is 4.74 Å². The summed E-state index contributed by atoms with van der Waals surface area (Å²) in [5.41, 5.74) is 0. The van der Waals surface area contributed by atoms with Gasteiger partial charge in [-0.2, -0.15) is 0 Å². The molecule has 0 heterocycles. The molecule has 0 aromatic rings. The highest BCUT2D eigenvalue weighted by Crippen LogP contribution is 2.02. The van der Waals surface area contributed by atoms with Crippen molar-refractivity contribution in [2.75, 3.05) is 7.11 Å². The number of carbonyl (C=O) groups is 1. The van der Waals surface area contributed by atoms with Gasteiger partial charge in [-0.05, 0) is 13.8 Å². The van der Waals surface area contributed by atoms with Crippen molar-refractivity contribution < 1.29 is 14.6 Å². The Morgan fingerprint density at radius 1 is 1.56 bits per heavy atom. The molecular weight excluding hydrogens is 120 g/mol. The molecule has 0 aliphatic carbocycles. The monoisotopic (exact) mass is 132 g/mol. The molecule has 0 radical (unpaired) electrons. The molecule has 9 heavy (non-hydrogen) atoms. The molecule has 2 atom stereocenters. The van der Waals surface area contributed by atoms with Gasteiger partial charge in [0.05, 0.1) is 19.1 Å². The van der Waals surface area contributed by atoms with Gasteiger partial charge in [0.15, 0.2) is 0 Å². The Kier molecular flexibility index (Phi) is 3.24. The Balaban J connectivity index is 3.72. The standard InChI is InChI=1S/C6H12O3/c1-4(5(2)7)6(8)9-3/h4-5,7H,1-3H3/t4-,5-/m0/s1. The van der Waals surface area contributed by atoms with Gasteiger partial charge in [-0.25, -0.2) is 0 Å². The van der Waals surface area contributed by atoms with Crippen LogP contribution in [0, 0.1) is 5.92 Å². The van der Waals surface area contributed by atoms with Crippen molar-refractivity contribution in [1.29, 1.82) is 0 Å². The molecule has 3 nitrogen and oxygen atoms in total. The van der Waals surface area contributed by atoms with Crippen molar-refractivity contribution >= 4 is 5.97 Å². The molecule has 0 unspecified atom stereocenters. The molecule has 0 aliphatic heterocycles. The van der Waals surface area contributed by atoms with Gasteiger partial charge in [0, 0.05) is 0 Å². The number of hydrogen-bond acceptors (Lipinski definition) is 3. The molecule has 0 saturated carbocycles. The molecule has 0 aliphatic rings. The van der Waals surface area contributed by atoms with Crippen molar-refractivity contribution in [2.45, 2.75) is 20.0 Å². The second-order valence-corrected chi connectivity index (χ2v) is 2.05. The van der Waals surface area contributed by atoms with Gasteiger partial charge in [0.25, 0.3) is 0 Å². The number of aliphatic hydroxyl groups excluding tert-OH is 1. The highest BCUT2D eigenvalue weighted by atomic mass is 16.5. The molecule has 0 aromatic carbocycles. The normalized spacial score (nSPS) is 16.4. The summed E-state index contributed by atoms with van der Waals surface area (Å²) in [4.78, 5) is 10.6. The number of hydrogen-bond donors (Lipinski definition) is 1. The van der Waals surface area contributed by atoms with E-state index in [1.54, 1.807) is 13.8 Å². The zero-order valence-corrected chi connectivity index (χ0v) is 5.92. The van der Waals surface area contributed by atoms with Gasteiger partial charge in [-0.15, -0.1) is 0 Å². The minimum Gasteiger partial charge on any atom is -0.469 e. The fraction of sp³-hybridized carbons (Fsp3) is 0.833. The Hall–Kier alpha value is -0.570. The quantitative estimate of drug-likeness (QED) is 0.545. The maximum absolute atomic E-state index is 10.6. The molecular formula is C6H12O3. The maximum Gasteiger partial charge on any atom is 0.310 e. The summed E-state index contributed by atoms with van der Waals surface area (Å²) in [6.07, 6.45) is -0.627. The first-order chi connectivity index (χ1) is 4.09. The van der Waals surface area contributed by atoms with Gasteiger partial charge in [-0.3, -0.25) is 4.79 Å². The first kappa shape index (κ1) is 8.43. The van der Waals surface area contributed by atoms with Crippen LogP contribution >= 0.6 is 0 Å². The average Bonchev–Trinajstić information content (AvgIpc) is 1.84. The smallest absolute Gasteiger partial charge is 0.310 e. The molecule has 0 spiro atoms. The molecule has 0 rings (SSSR count). The fourth-order valence-electron chi connectivity index (χ4n) is 0.383. The highest BCUT2D eigenvalue weighted by Gasteiger charge is 2.17. The third-order valence-corrected chi connectivity index (χ3v) is 1.30. The minimum atomic E-state index is -0.627. The number of carbonyl (C=O) groups excluding carboxylic acids is 1. The Labute approximate surface area is 54.6 Å². The van der Waals surface area contributed by atoms with Crippen LogP contribution in [-0.2, 0) is 9.53 Å². The summed E-state index contributed by atoms with van der Waals surface area (Å²) in [6, 6.07) is 0. The fourth-order valence-corrected chi connectivity index (χ4v) is 0.383. The summed E-state index contributed by atoms with van der Waals surface area (Å²) >= 11 is 0. The lowest BCUT2D eigenvalue weighted by molar-refractivity contribution is -0.148. The van der Waals surface area contributed by atoms with Crippen LogP contribution in [0.5, 0.6) is 0 Å². The molecule has 3 heteroatoms. The molecule has 0 bridgehead atoms. The number of rotatable bonds is 2. The molecule has 0 fully saturated rings. The van der Waals surface area contributed by atoms with E-state index in [0.717, 1.165) is 0 Å². The Bertz CT molecular complexity index is 98.5. The van der Waals surface area contributed by atoms with Crippen LogP contribution in [0.2, 0.25) is 0 Å². The van der Waals surface area contributed by atoms with Crippen molar-refractivity contribution in [3.63, 3.8) is 0 Å². The zero-order chi connectivity index (χ0) is 7.44. The molecule has 1 N–H and O–H groups in total. The minimum absolute atomic E-state index is 0.370. The van der Waals surface area contributed by atoms with Gasteiger partial charge < -0.3 is 9.84 Å². The summed E-state index contributed by atoms with van der Waals surface area (Å²) in [5.74, 6) is -0.792. The lowest BCUT2D eigenvalue weighted by Gasteiger charge is -2.10. The topological polar surface area (TPSA) is 46.5 Å². The highest BCUT2D eigenvalue weighted by molar-refractivity contribution is 5.72. The van der Waals surface area contributed by atoms with Gasteiger partial charge >= 0.3 is 5.97 Å². The van der Waals surface area contributed by atoms with Gasteiger partial charge in [0.2, 0.25) is 0 Å². The number of ether oxygens (including phenoxy) is 1. The van der Waals surface area contributed by atoms with Crippen LogP contribution in [0.3, 0.4) is 0 Å². The van der Waals surface area contributed by atoms with E-state index in [9.17, 15) is 4.79 Å². The Morgan fingerprint density at radius 3 is 2.11 bits per heavy atom. The summed E-state index contributed by atoms with van der Waals surface area (Å²) < 4.78 is 4.37. The summed E-state index contributed by atoms with van der Waals surface area (Å²) in [5, 5.41) is 8.82. The van der Waals surface area contributed by atoms with E-state index in [1.165, 1.54) is 7.11 Å². The molecule has 0 amide bonds. The van der Waals surface area contributed by atoms with Gasteiger partial charge in [-0.1, -0.05) is 0 Å². The zero-order valence-electron chi connectivity index (χ0n) is 5.92. The van der Waals surface area contributed by atoms with Gasteiger partial charge in [0.1, 0.15) is 0 Å². The van der Waals surface area contributed by atoms with E-state index in [0.29, 0.717) is 0 Å². The van der Waals surface area contributed by atoms with Crippen LogP contribution in [0.4, 0.5) is 0 Å². The number of methoxy groups -OCH3 is 1. The predicted molar refractivity (Wildman–Crippen MR) is 32.9 cm³/mol. The molecule has 54 valence electrons. The van der Waals surface area contributed by atoms with Crippen molar-refractivity contribution in [2.24, 2.45) is 5.92 Å². The lowest BCUT2D eigenvalue weighted by atomic mass is 10.1. The lowest BCUT2D eigenvalue weighted by Crippen LogP contribution is -2.23. The van der Waals surface area contributed by atoms with Crippen LogP contribution in [0.25, 0.3) is 0 Å². The average molecular weight is 132 g/mol. The van der Waals surface area contributed by atoms with Crippen molar-refractivity contribution in [3.05, 3.63) is 0 Å². The second-order valence-electron chi connectivity index (χ2n) is 2.05. The van der Waals surface area contributed by atoms with Crippen molar-refractivity contribution in [1.82, 2.24) is 0 Å². The third kappa shape index (κ3) is 2.46. The van der Waals surface area contributed by atoms with E-state index < -0.39 is 12.0 Å². The summed E-state index contributed by atoms with van der Waals surface area (Å²) in [6.45, 7) is 3.18. The second kappa shape index (κ2) is 3.45. The first-order valence-corrected chi connectivity index (χ1v) is 2.85. The van der Waals surface area contributed by atoms with E-state index in [4.69, 9.17) is 5.11 Å². The Morgan fingerprint density at radius 2 is 2.00 bits per heavy atom. The predicted octanol–water partition coefficient (Wildman–Crippen LogP) is 0.176. The van der Waals surface area contributed by atoms with Crippen LogP contribution in [0.15, 0.2) is 0 Å². The maximum atomic E-state index is 10.6. The van der Waals surface area contributed by atoms with Crippen LogP contribution in [0.1, 0.15) is 13.8 Å². The van der Waals surface area contributed by atoms with E-state index >= 15 is 0 Å². The largest absolute Gasteiger partial charge is 0.469 e. The number of esters is 1. The molecule has 0 aromatic heterocycles. The van der Waals surface area contributed by atoms with E-state index in [1.807, 2.05) is 0 Å². The summed E-state index contributed by atoms with van der Waals surface area (Å²) in [7, 11) is 1.31. The van der Waals surface area contributed by atoms with Crippen LogP contribution in [-0.4, -0.2) is 24.3 Å². The first-order valence-electron chi connectivity index (χ1n) is 2.85. The third-order valence-electron chi connectivity index (χ3n) is 1.30. The van der Waals surface area contributed by atoms with Crippen molar-refractivity contribution in [3.8, 4) is 0 Å². The SMILES string of the molecule is COC(=O)[C@@H](C)[C@H](C)O.